The van der Waals surface area contributed by atoms with Gasteiger partial charge in [0.15, 0.2) is 6.10 Å². The van der Waals surface area contributed by atoms with Crippen LogP contribution < -0.4 is 15.7 Å². The summed E-state index contributed by atoms with van der Waals surface area (Å²) in [5.41, 5.74) is -1.61. The Kier molecular flexibility index (Phi) is 6.63. The molecular weight excluding hydrogens is 487 g/mol. The third-order valence-electron chi connectivity index (χ3n) is 5.86. The molecule has 4 rings (SSSR count). The zero-order chi connectivity index (χ0) is 26.4. The zero-order valence-corrected chi connectivity index (χ0v) is 19.6. The molecular formula is C24H23F5N4O3. The first-order chi connectivity index (χ1) is 16.9. The average Bonchev–Trinajstić information content (AvgIpc) is 3.59. The molecule has 0 saturated heterocycles. The van der Waals surface area contributed by atoms with Crippen LogP contribution in [0.1, 0.15) is 54.5 Å². The van der Waals surface area contributed by atoms with Gasteiger partial charge in [-0.1, -0.05) is 19.1 Å². The Balaban J connectivity index is 1.82. The van der Waals surface area contributed by atoms with Crippen molar-refractivity contribution in [2.45, 2.75) is 58.4 Å². The first-order valence-electron chi connectivity index (χ1n) is 11.3. The molecule has 0 unspecified atom stereocenters. The van der Waals surface area contributed by atoms with Crippen LogP contribution in [0.15, 0.2) is 35.1 Å². The number of rotatable bonds is 7. The molecule has 12 heteroatoms. The summed E-state index contributed by atoms with van der Waals surface area (Å²) in [7, 11) is 0. The van der Waals surface area contributed by atoms with E-state index in [1.165, 1.54) is 23.6 Å². The zero-order valence-electron chi connectivity index (χ0n) is 19.6. The van der Waals surface area contributed by atoms with Crippen LogP contribution in [-0.4, -0.2) is 32.5 Å². The summed E-state index contributed by atoms with van der Waals surface area (Å²) in [4.78, 5) is 25.9. The molecule has 1 aliphatic rings. The number of carbonyl (C=O) groups excluding carboxylic acids is 1. The number of benzene rings is 2. The Morgan fingerprint density at radius 3 is 2.50 bits per heavy atom. The summed E-state index contributed by atoms with van der Waals surface area (Å²) in [6.07, 6.45) is -5.29. The predicted octanol–water partition coefficient (Wildman–Crippen LogP) is 5.10. The molecule has 7 nitrogen and oxygen atoms in total. The molecule has 1 saturated carbocycles. The Labute approximate surface area is 202 Å². The van der Waals surface area contributed by atoms with Gasteiger partial charge in [0.1, 0.15) is 28.9 Å². The molecule has 1 atom stereocenters. The van der Waals surface area contributed by atoms with Crippen LogP contribution in [0.25, 0.3) is 5.69 Å². The third-order valence-corrected chi connectivity index (χ3v) is 5.86. The largest absolute Gasteiger partial charge is 0.480 e. The minimum atomic E-state index is -4.80. The van der Waals surface area contributed by atoms with E-state index in [0.29, 0.717) is 23.9 Å². The van der Waals surface area contributed by atoms with E-state index in [4.69, 9.17) is 4.74 Å². The molecule has 0 aliphatic heterocycles. The van der Waals surface area contributed by atoms with E-state index >= 15 is 4.39 Å². The smallest absolute Gasteiger partial charge is 0.425 e. The fourth-order valence-electron chi connectivity index (χ4n) is 3.72. The van der Waals surface area contributed by atoms with Crippen molar-refractivity contribution in [3.63, 3.8) is 0 Å². The van der Waals surface area contributed by atoms with Crippen LogP contribution in [0.2, 0.25) is 0 Å². The summed E-state index contributed by atoms with van der Waals surface area (Å²) in [6, 6.07) is 5.42. The van der Waals surface area contributed by atoms with E-state index in [1.54, 1.807) is 6.92 Å². The number of halogens is 5. The van der Waals surface area contributed by atoms with E-state index in [-0.39, 0.29) is 11.7 Å². The summed E-state index contributed by atoms with van der Waals surface area (Å²) in [5, 5.41) is 6.41. The highest BCUT2D eigenvalue weighted by molar-refractivity contribution is 6.06. The maximum absolute atomic E-state index is 15.2. The van der Waals surface area contributed by atoms with Crippen LogP contribution in [-0.2, 0) is 6.42 Å². The molecule has 0 bridgehead atoms. The minimum absolute atomic E-state index is 0.0701. The lowest BCUT2D eigenvalue weighted by molar-refractivity contribution is -0.189. The van der Waals surface area contributed by atoms with Gasteiger partial charge in [-0.05, 0) is 44.4 Å². The maximum atomic E-state index is 15.2. The number of carbonyl (C=O) groups is 1. The van der Waals surface area contributed by atoms with Gasteiger partial charge in [-0.15, -0.1) is 5.10 Å². The standard InChI is InChI=1S/C24H23F5N4O3/c1-4-20-31-33(23(35)32(20)14-8-9-14)18-11-19(36-13(3)24(27,28)29)15(10-17(18)26)22(34)30-21-12(2)6-5-7-16(21)25/h5-7,10-11,13-14H,4,8-9H2,1-3H3,(H,30,34)/t13-/m0/s1. The number of nitrogens with one attached hydrogen (secondary N) is 1. The van der Waals surface area contributed by atoms with E-state index < -0.39 is 52.5 Å². The van der Waals surface area contributed by atoms with Crippen molar-refractivity contribution in [2.75, 3.05) is 5.32 Å². The first-order valence-corrected chi connectivity index (χ1v) is 11.3. The van der Waals surface area contributed by atoms with Crippen molar-refractivity contribution < 1.29 is 31.5 Å². The lowest BCUT2D eigenvalue weighted by atomic mass is 10.1. The van der Waals surface area contributed by atoms with Crippen LogP contribution in [0, 0.1) is 18.6 Å². The third kappa shape index (κ3) is 4.84. The first kappa shape index (κ1) is 25.4. The van der Waals surface area contributed by atoms with Crippen molar-refractivity contribution >= 4 is 11.6 Å². The number of hydrogen-bond donors (Lipinski definition) is 1. The summed E-state index contributed by atoms with van der Waals surface area (Å²) < 4.78 is 76.5. The number of hydrogen-bond acceptors (Lipinski definition) is 4. The highest BCUT2D eigenvalue weighted by Crippen LogP contribution is 2.35. The van der Waals surface area contributed by atoms with Crippen molar-refractivity contribution in [3.8, 4) is 11.4 Å². The lowest BCUT2D eigenvalue weighted by Gasteiger charge is -2.20. The second-order valence-corrected chi connectivity index (χ2v) is 8.55. The van der Waals surface area contributed by atoms with Crippen molar-refractivity contribution in [2.24, 2.45) is 0 Å². The van der Waals surface area contributed by atoms with E-state index in [9.17, 15) is 27.2 Å². The van der Waals surface area contributed by atoms with Gasteiger partial charge in [-0.2, -0.15) is 17.9 Å². The normalized spacial score (nSPS) is 14.6. The van der Waals surface area contributed by atoms with Crippen LogP contribution in [0.3, 0.4) is 0 Å². The SMILES string of the molecule is CCc1nn(-c2cc(O[C@@H](C)C(F)(F)F)c(C(=O)Nc3c(C)cccc3F)cc2F)c(=O)n1C1CC1. The van der Waals surface area contributed by atoms with Crippen LogP contribution >= 0.6 is 0 Å². The quantitative estimate of drug-likeness (QED) is 0.449. The Bertz CT molecular complexity index is 1360. The molecule has 1 fully saturated rings. The predicted molar refractivity (Wildman–Crippen MR) is 121 cm³/mol. The number of aromatic nitrogens is 3. The molecule has 192 valence electrons. The molecule has 0 radical (unpaired) electrons. The van der Waals surface area contributed by atoms with Gasteiger partial charge in [0.25, 0.3) is 5.91 Å². The highest BCUT2D eigenvalue weighted by Gasteiger charge is 2.39. The molecule has 1 aliphatic carbocycles. The Morgan fingerprint density at radius 2 is 1.92 bits per heavy atom. The highest BCUT2D eigenvalue weighted by atomic mass is 19.4. The molecule has 36 heavy (non-hydrogen) atoms. The van der Waals surface area contributed by atoms with Crippen molar-refractivity contribution in [1.29, 1.82) is 0 Å². The molecule has 3 aromatic rings. The number of amides is 1. The second kappa shape index (κ2) is 9.40. The maximum Gasteiger partial charge on any atom is 0.425 e. The topological polar surface area (TPSA) is 78.2 Å². The molecule has 1 heterocycles. The van der Waals surface area contributed by atoms with Gasteiger partial charge in [0, 0.05) is 18.5 Å². The van der Waals surface area contributed by atoms with Gasteiger partial charge >= 0.3 is 11.9 Å². The summed E-state index contributed by atoms with van der Waals surface area (Å²) in [5.74, 6) is -3.22. The molecule has 1 amide bonds. The van der Waals surface area contributed by atoms with Crippen LogP contribution in [0.4, 0.5) is 27.6 Å². The number of para-hydroxylation sites is 1. The van der Waals surface area contributed by atoms with Gasteiger partial charge in [0.2, 0.25) is 0 Å². The number of alkyl halides is 3. The van der Waals surface area contributed by atoms with Crippen molar-refractivity contribution in [1.82, 2.24) is 14.3 Å². The fraction of sp³-hybridized carbons (Fsp3) is 0.375. The number of nitrogens with zero attached hydrogens (tertiary/aromatic N) is 3. The lowest BCUT2D eigenvalue weighted by Crippen LogP contribution is -2.32. The molecule has 1 aromatic heterocycles. The summed E-state index contributed by atoms with van der Waals surface area (Å²) >= 11 is 0. The number of anilines is 1. The molecule has 1 N–H and O–H groups in total. The number of ether oxygens (including phenoxy) is 1. The van der Waals surface area contributed by atoms with Gasteiger partial charge in [-0.25, -0.2) is 13.6 Å². The van der Waals surface area contributed by atoms with Crippen LogP contribution in [0.5, 0.6) is 5.75 Å². The minimum Gasteiger partial charge on any atom is -0.480 e. The Hall–Kier alpha value is -3.70. The fourth-order valence-corrected chi connectivity index (χ4v) is 3.72. The number of aryl methyl sites for hydroxylation is 2. The second-order valence-electron chi connectivity index (χ2n) is 8.55. The average molecular weight is 510 g/mol. The monoisotopic (exact) mass is 510 g/mol. The van der Waals surface area contributed by atoms with Crippen molar-refractivity contribution in [3.05, 3.63) is 69.4 Å². The van der Waals surface area contributed by atoms with Gasteiger partial charge in [0.05, 0.1) is 11.3 Å². The van der Waals surface area contributed by atoms with Gasteiger partial charge in [-0.3, -0.25) is 9.36 Å². The van der Waals surface area contributed by atoms with E-state index in [1.807, 2.05) is 0 Å². The summed E-state index contributed by atoms with van der Waals surface area (Å²) in [6.45, 7) is 3.99. The molecule has 2 aromatic carbocycles. The molecule has 0 spiro atoms. The Morgan fingerprint density at radius 1 is 1.22 bits per heavy atom. The van der Waals surface area contributed by atoms with Gasteiger partial charge < -0.3 is 10.1 Å². The van der Waals surface area contributed by atoms with E-state index in [0.717, 1.165) is 36.6 Å². The van der Waals surface area contributed by atoms with E-state index in [2.05, 4.69) is 10.4 Å².